The van der Waals surface area contributed by atoms with E-state index in [1.165, 1.54) is 21.3 Å². The zero-order valence-electron chi connectivity index (χ0n) is 18.1. The van der Waals surface area contributed by atoms with Gasteiger partial charge in [0.25, 0.3) is 5.91 Å². The van der Waals surface area contributed by atoms with Gasteiger partial charge in [-0.1, -0.05) is 19.8 Å². The topological polar surface area (TPSA) is 87.2 Å². The van der Waals surface area contributed by atoms with E-state index in [2.05, 4.69) is 6.92 Å². The smallest absolute Gasteiger partial charge is 0.265 e. The predicted octanol–water partition coefficient (Wildman–Crippen LogP) is 2.24. The van der Waals surface area contributed by atoms with Crippen LogP contribution in [0.3, 0.4) is 0 Å². The van der Waals surface area contributed by atoms with E-state index in [-0.39, 0.29) is 29.9 Å². The third-order valence-corrected chi connectivity index (χ3v) is 8.27. The molecule has 0 aliphatic carbocycles. The molecular weight excluding hydrogens is 418 g/mol. The first-order chi connectivity index (χ1) is 14.9. The van der Waals surface area contributed by atoms with Crippen LogP contribution in [0.1, 0.15) is 45.4 Å². The lowest BCUT2D eigenvalue weighted by molar-refractivity contribution is -0.133. The molecule has 1 aromatic carbocycles. The molecule has 31 heavy (non-hydrogen) atoms. The van der Waals surface area contributed by atoms with Crippen LogP contribution in [-0.4, -0.2) is 68.8 Å². The maximum absolute atomic E-state index is 13.2. The van der Waals surface area contributed by atoms with Crippen molar-refractivity contribution in [2.24, 2.45) is 5.92 Å². The Labute approximate surface area is 184 Å². The predicted molar refractivity (Wildman–Crippen MR) is 116 cm³/mol. The molecule has 1 atom stereocenters. The first-order valence-electron chi connectivity index (χ1n) is 11.2. The van der Waals surface area contributed by atoms with Gasteiger partial charge in [-0.2, -0.15) is 4.31 Å². The standard InChI is InChI=1S/C22H31N3O5S/c1-17-7-6-10-23(14-17)21(26)15-25-19-13-18(8-9-20(19)30-16-22(25)27)31(28,29)24-11-4-2-3-5-12-24/h8-9,13,17H,2-7,10-12,14-16H2,1H3. The van der Waals surface area contributed by atoms with Crippen molar-refractivity contribution in [3.63, 3.8) is 0 Å². The number of hydrogen-bond acceptors (Lipinski definition) is 5. The molecule has 0 spiro atoms. The second-order valence-electron chi connectivity index (χ2n) is 8.80. The maximum atomic E-state index is 13.2. The number of likely N-dealkylation sites (tertiary alicyclic amines) is 1. The van der Waals surface area contributed by atoms with Gasteiger partial charge in [0.05, 0.1) is 10.6 Å². The third-order valence-electron chi connectivity index (χ3n) is 6.38. The number of carbonyl (C=O) groups excluding carboxylic acids is 2. The van der Waals surface area contributed by atoms with Gasteiger partial charge in [-0.15, -0.1) is 0 Å². The van der Waals surface area contributed by atoms with E-state index in [0.29, 0.717) is 43.5 Å². The minimum Gasteiger partial charge on any atom is -0.482 e. The molecule has 170 valence electrons. The summed E-state index contributed by atoms with van der Waals surface area (Å²) in [6.45, 7) is 4.25. The maximum Gasteiger partial charge on any atom is 0.265 e. The molecule has 0 radical (unpaired) electrons. The van der Waals surface area contributed by atoms with Crippen molar-refractivity contribution in [1.82, 2.24) is 9.21 Å². The van der Waals surface area contributed by atoms with Crippen LogP contribution in [-0.2, 0) is 19.6 Å². The van der Waals surface area contributed by atoms with Crippen LogP contribution in [0.15, 0.2) is 23.1 Å². The Morgan fingerprint density at radius 2 is 1.84 bits per heavy atom. The molecule has 2 saturated heterocycles. The lowest BCUT2D eigenvalue weighted by Gasteiger charge is -2.34. The normalized spacial score (nSPS) is 23.1. The first-order valence-corrected chi connectivity index (χ1v) is 12.7. The van der Waals surface area contributed by atoms with Crippen molar-refractivity contribution < 1.29 is 22.7 Å². The van der Waals surface area contributed by atoms with Crippen molar-refractivity contribution in [2.45, 2.75) is 50.3 Å². The second-order valence-corrected chi connectivity index (χ2v) is 10.7. The van der Waals surface area contributed by atoms with Crippen molar-refractivity contribution >= 4 is 27.5 Å². The van der Waals surface area contributed by atoms with Crippen molar-refractivity contribution in [1.29, 1.82) is 0 Å². The Hall–Kier alpha value is -2.13. The summed E-state index contributed by atoms with van der Waals surface area (Å²) in [5.41, 5.74) is 0.352. The molecule has 1 unspecified atom stereocenters. The Kier molecular flexibility index (Phi) is 6.52. The van der Waals surface area contributed by atoms with Crippen LogP contribution >= 0.6 is 0 Å². The highest BCUT2D eigenvalue weighted by molar-refractivity contribution is 7.89. The molecular formula is C22H31N3O5S. The highest BCUT2D eigenvalue weighted by atomic mass is 32.2. The molecule has 9 heteroatoms. The van der Waals surface area contributed by atoms with E-state index in [1.54, 1.807) is 11.0 Å². The Balaban J connectivity index is 1.59. The summed E-state index contributed by atoms with van der Waals surface area (Å²) in [6, 6.07) is 4.60. The quantitative estimate of drug-likeness (QED) is 0.704. The van der Waals surface area contributed by atoms with Crippen LogP contribution in [0.5, 0.6) is 5.75 Å². The number of ether oxygens (including phenoxy) is 1. The van der Waals surface area contributed by atoms with Crippen LogP contribution in [0.4, 0.5) is 5.69 Å². The number of hydrogen-bond donors (Lipinski definition) is 0. The number of piperidine rings is 1. The summed E-state index contributed by atoms with van der Waals surface area (Å²) in [5.74, 6) is 0.411. The lowest BCUT2D eigenvalue weighted by Crippen LogP contribution is -2.48. The van der Waals surface area contributed by atoms with Crippen molar-refractivity contribution in [2.75, 3.05) is 44.2 Å². The summed E-state index contributed by atoms with van der Waals surface area (Å²) >= 11 is 0. The fraction of sp³-hybridized carbons (Fsp3) is 0.636. The molecule has 3 aliphatic heterocycles. The minimum atomic E-state index is -3.67. The zero-order valence-corrected chi connectivity index (χ0v) is 18.9. The number of amides is 2. The number of rotatable bonds is 4. The fourth-order valence-corrected chi connectivity index (χ4v) is 6.14. The first kappa shape index (κ1) is 22.1. The summed E-state index contributed by atoms with van der Waals surface area (Å²) in [6.07, 6.45) is 5.81. The molecule has 1 aromatic rings. The Bertz CT molecular complexity index is 940. The molecule has 2 fully saturated rings. The highest BCUT2D eigenvalue weighted by Crippen LogP contribution is 2.35. The van der Waals surface area contributed by atoms with Crippen molar-refractivity contribution in [3.8, 4) is 5.75 Å². The largest absolute Gasteiger partial charge is 0.482 e. The van der Waals surface area contributed by atoms with Gasteiger partial charge in [0, 0.05) is 26.2 Å². The third kappa shape index (κ3) is 4.72. The van der Waals surface area contributed by atoms with Crippen LogP contribution in [0.2, 0.25) is 0 Å². The lowest BCUT2D eigenvalue weighted by atomic mass is 10.0. The van der Waals surface area contributed by atoms with Gasteiger partial charge in [-0.25, -0.2) is 8.42 Å². The minimum absolute atomic E-state index is 0.102. The van der Waals surface area contributed by atoms with Gasteiger partial charge >= 0.3 is 0 Å². The molecule has 0 aromatic heterocycles. The van der Waals surface area contributed by atoms with Crippen molar-refractivity contribution in [3.05, 3.63) is 18.2 Å². The Morgan fingerprint density at radius 1 is 1.10 bits per heavy atom. The summed E-state index contributed by atoms with van der Waals surface area (Å²) in [7, 11) is -3.67. The number of anilines is 1. The molecule has 3 heterocycles. The van der Waals surface area contributed by atoms with E-state index < -0.39 is 10.0 Å². The van der Waals surface area contributed by atoms with E-state index in [9.17, 15) is 18.0 Å². The van der Waals surface area contributed by atoms with Gasteiger partial charge < -0.3 is 9.64 Å². The summed E-state index contributed by atoms with van der Waals surface area (Å²) in [4.78, 5) is 28.8. The summed E-state index contributed by atoms with van der Waals surface area (Å²) in [5, 5.41) is 0. The number of benzene rings is 1. The molecule has 0 bridgehead atoms. The van der Waals surface area contributed by atoms with Crippen LogP contribution < -0.4 is 9.64 Å². The van der Waals surface area contributed by atoms with Gasteiger partial charge in [-0.05, 0) is 49.8 Å². The van der Waals surface area contributed by atoms with Gasteiger partial charge in [0.15, 0.2) is 6.61 Å². The number of carbonyl (C=O) groups is 2. The van der Waals surface area contributed by atoms with E-state index in [0.717, 1.165) is 38.5 Å². The number of nitrogens with zero attached hydrogens (tertiary/aromatic N) is 3. The molecule has 2 amide bonds. The van der Waals surface area contributed by atoms with Gasteiger partial charge in [-0.3, -0.25) is 14.5 Å². The summed E-state index contributed by atoms with van der Waals surface area (Å²) < 4.78 is 33.5. The van der Waals surface area contributed by atoms with Gasteiger partial charge in [0.2, 0.25) is 15.9 Å². The number of sulfonamides is 1. The van der Waals surface area contributed by atoms with Crippen LogP contribution in [0.25, 0.3) is 0 Å². The molecule has 4 rings (SSSR count). The van der Waals surface area contributed by atoms with E-state index in [1.807, 2.05) is 0 Å². The van der Waals surface area contributed by atoms with Gasteiger partial charge in [0.1, 0.15) is 12.3 Å². The zero-order chi connectivity index (χ0) is 22.0. The van der Waals surface area contributed by atoms with Crippen LogP contribution in [0, 0.1) is 5.92 Å². The highest BCUT2D eigenvalue weighted by Gasteiger charge is 2.33. The average molecular weight is 450 g/mol. The monoisotopic (exact) mass is 449 g/mol. The van der Waals surface area contributed by atoms with E-state index in [4.69, 9.17) is 4.74 Å². The molecule has 3 aliphatic rings. The van der Waals surface area contributed by atoms with E-state index >= 15 is 0 Å². The average Bonchev–Trinajstić information content (AvgIpc) is 3.05. The number of fused-ring (bicyclic) bond motifs is 1. The molecule has 0 N–H and O–H groups in total. The fourth-order valence-electron chi connectivity index (χ4n) is 4.60. The SMILES string of the molecule is CC1CCCN(C(=O)CN2C(=O)COc3ccc(S(=O)(=O)N4CCCCCC4)cc32)C1. The molecule has 8 nitrogen and oxygen atoms in total. The second kappa shape index (κ2) is 9.16. The Morgan fingerprint density at radius 3 is 2.55 bits per heavy atom. The molecule has 0 saturated carbocycles.